The lowest BCUT2D eigenvalue weighted by Gasteiger charge is -2.21. The molecular formula is C21H20N6O. The number of aromatic nitrogens is 4. The summed E-state index contributed by atoms with van der Waals surface area (Å²) in [5.41, 5.74) is 2.47. The van der Waals surface area contributed by atoms with Crippen molar-refractivity contribution in [2.75, 3.05) is 11.9 Å². The van der Waals surface area contributed by atoms with Crippen LogP contribution in [0.5, 0.6) is 0 Å². The lowest BCUT2D eigenvalue weighted by Crippen LogP contribution is -2.26. The summed E-state index contributed by atoms with van der Waals surface area (Å²) in [6, 6.07) is 15.8. The lowest BCUT2D eigenvalue weighted by atomic mass is 10.2. The Balaban J connectivity index is 1.47. The number of rotatable bonds is 6. The van der Waals surface area contributed by atoms with Crippen LogP contribution >= 0.6 is 0 Å². The van der Waals surface area contributed by atoms with Gasteiger partial charge in [-0.2, -0.15) is 0 Å². The summed E-state index contributed by atoms with van der Waals surface area (Å²) in [5, 5.41) is 2.93. The number of hydrogen-bond donors (Lipinski definition) is 1. The summed E-state index contributed by atoms with van der Waals surface area (Å²) in [4.78, 5) is 27.5. The molecule has 0 aliphatic heterocycles. The zero-order chi connectivity index (χ0) is 19.3. The number of anilines is 1. The van der Waals surface area contributed by atoms with Crippen LogP contribution in [0.4, 0.5) is 5.82 Å². The van der Waals surface area contributed by atoms with E-state index in [1.807, 2.05) is 43.6 Å². The predicted molar refractivity (Wildman–Crippen MR) is 107 cm³/mol. The van der Waals surface area contributed by atoms with Gasteiger partial charge in [-0.3, -0.25) is 9.20 Å². The fraction of sp³-hybridized carbons (Fsp3) is 0.143. The highest BCUT2D eigenvalue weighted by Crippen LogP contribution is 2.18. The van der Waals surface area contributed by atoms with Crippen LogP contribution in [0.15, 0.2) is 73.3 Å². The maximum absolute atomic E-state index is 12.5. The van der Waals surface area contributed by atoms with Gasteiger partial charge in [0.15, 0.2) is 0 Å². The van der Waals surface area contributed by atoms with Gasteiger partial charge in [-0.1, -0.05) is 36.4 Å². The van der Waals surface area contributed by atoms with Gasteiger partial charge in [0, 0.05) is 50.5 Å². The number of nitrogens with one attached hydrogen (secondary N) is 1. The third-order valence-corrected chi connectivity index (χ3v) is 4.40. The van der Waals surface area contributed by atoms with Gasteiger partial charge in [0.2, 0.25) is 5.78 Å². The minimum atomic E-state index is -0.244. The second kappa shape index (κ2) is 7.87. The van der Waals surface area contributed by atoms with E-state index in [4.69, 9.17) is 0 Å². The van der Waals surface area contributed by atoms with Crippen LogP contribution in [0.1, 0.15) is 21.6 Å². The largest absolute Gasteiger partial charge is 0.355 e. The third-order valence-electron chi connectivity index (χ3n) is 4.40. The molecule has 0 aliphatic rings. The minimum absolute atomic E-state index is 0.244. The minimum Gasteiger partial charge on any atom is -0.355 e. The lowest BCUT2D eigenvalue weighted by molar-refractivity contribution is 0.0946. The van der Waals surface area contributed by atoms with E-state index in [1.54, 1.807) is 29.1 Å². The topological polar surface area (TPSA) is 75.4 Å². The molecule has 3 heterocycles. The van der Waals surface area contributed by atoms with E-state index in [9.17, 15) is 4.79 Å². The number of pyridine rings is 1. The summed E-state index contributed by atoms with van der Waals surface area (Å²) in [6.45, 7) is 1.10. The Morgan fingerprint density at radius 1 is 1.07 bits per heavy atom. The zero-order valence-electron chi connectivity index (χ0n) is 15.5. The van der Waals surface area contributed by atoms with Crippen molar-refractivity contribution in [1.82, 2.24) is 24.7 Å². The highest BCUT2D eigenvalue weighted by atomic mass is 16.1. The van der Waals surface area contributed by atoms with E-state index in [2.05, 4.69) is 37.3 Å². The van der Waals surface area contributed by atoms with Crippen LogP contribution in [0.25, 0.3) is 5.78 Å². The first-order valence-electron chi connectivity index (χ1n) is 8.97. The molecular weight excluding hydrogens is 352 g/mol. The second-order valence-electron chi connectivity index (χ2n) is 6.46. The fourth-order valence-corrected chi connectivity index (χ4v) is 3.05. The van der Waals surface area contributed by atoms with Crippen molar-refractivity contribution in [3.05, 3.63) is 90.1 Å². The highest BCUT2D eigenvalue weighted by molar-refractivity contribution is 5.92. The van der Waals surface area contributed by atoms with Crippen molar-refractivity contribution in [2.45, 2.75) is 13.1 Å². The third kappa shape index (κ3) is 3.83. The fourth-order valence-electron chi connectivity index (χ4n) is 3.05. The first-order valence-corrected chi connectivity index (χ1v) is 8.97. The average Bonchev–Trinajstić information content (AvgIpc) is 3.17. The molecule has 140 valence electrons. The molecule has 1 aromatic carbocycles. The molecule has 0 unspecified atom stereocenters. The van der Waals surface area contributed by atoms with Crippen molar-refractivity contribution >= 4 is 17.5 Å². The number of nitrogens with zero attached hydrogens (tertiary/aromatic N) is 5. The number of fused-ring (bicyclic) bond motifs is 1. The SMILES string of the molecule is CN(Cc1ccccc1)c1ncccc1CNC(=O)c1cn2cccnc2n1. The molecule has 28 heavy (non-hydrogen) atoms. The van der Waals surface area contributed by atoms with Gasteiger partial charge < -0.3 is 10.2 Å². The maximum Gasteiger partial charge on any atom is 0.271 e. The summed E-state index contributed by atoms with van der Waals surface area (Å²) in [7, 11) is 1.99. The summed E-state index contributed by atoms with van der Waals surface area (Å²) in [5.74, 6) is 1.09. The Morgan fingerprint density at radius 2 is 1.89 bits per heavy atom. The van der Waals surface area contributed by atoms with Gasteiger partial charge >= 0.3 is 0 Å². The van der Waals surface area contributed by atoms with Gasteiger partial charge in [0.05, 0.1) is 0 Å². The molecule has 0 radical (unpaired) electrons. The van der Waals surface area contributed by atoms with Crippen molar-refractivity contribution in [2.24, 2.45) is 0 Å². The Labute approximate surface area is 162 Å². The van der Waals surface area contributed by atoms with E-state index >= 15 is 0 Å². The molecule has 4 rings (SSSR count). The normalized spacial score (nSPS) is 10.8. The van der Waals surface area contributed by atoms with Crippen LogP contribution in [0.3, 0.4) is 0 Å². The second-order valence-corrected chi connectivity index (χ2v) is 6.46. The smallest absolute Gasteiger partial charge is 0.271 e. The number of benzene rings is 1. The van der Waals surface area contributed by atoms with Gasteiger partial charge in [0.25, 0.3) is 5.91 Å². The van der Waals surface area contributed by atoms with E-state index < -0.39 is 0 Å². The van der Waals surface area contributed by atoms with Crippen molar-refractivity contribution in [3.8, 4) is 0 Å². The Hall–Kier alpha value is -3.74. The molecule has 7 heteroatoms. The van der Waals surface area contributed by atoms with Gasteiger partial charge in [-0.25, -0.2) is 15.0 Å². The van der Waals surface area contributed by atoms with Crippen LogP contribution in [-0.2, 0) is 13.1 Å². The number of imidazole rings is 1. The maximum atomic E-state index is 12.5. The standard InChI is InChI=1S/C21H20N6O/c1-26(14-16-7-3-2-4-8-16)19-17(9-5-10-22-19)13-24-20(28)18-15-27-12-6-11-23-21(27)25-18/h2-12,15H,13-14H2,1H3,(H,24,28). The number of carbonyl (C=O) groups is 1. The van der Waals surface area contributed by atoms with Crippen LogP contribution in [0, 0.1) is 0 Å². The molecule has 0 saturated carbocycles. The van der Waals surface area contributed by atoms with E-state index in [-0.39, 0.29) is 5.91 Å². The highest BCUT2D eigenvalue weighted by Gasteiger charge is 2.14. The quantitative estimate of drug-likeness (QED) is 0.563. The predicted octanol–water partition coefficient (Wildman–Crippen LogP) is 2.69. The molecule has 0 atom stereocenters. The molecule has 0 fully saturated rings. The molecule has 0 saturated heterocycles. The number of amides is 1. The van der Waals surface area contributed by atoms with Gasteiger partial charge in [0.1, 0.15) is 11.5 Å². The zero-order valence-corrected chi connectivity index (χ0v) is 15.5. The Morgan fingerprint density at radius 3 is 2.71 bits per heavy atom. The molecule has 1 N–H and O–H groups in total. The monoisotopic (exact) mass is 372 g/mol. The summed E-state index contributed by atoms with van der Waals surface area (Å²) < 4.78 is 1.72. The summed E-state index contributed by atoms with van der Waals surface area (Å²) in [6.07, 6.45) is 6.89. The van der Waals surface area contributed by atoms with E-state index in [0.29, 0.717) is 18.0 Å². The molecule has 1 amide bonds. The first kappa shape index (κ1) is 17.7. The molecule has 0 bridgehead atoms. The molecule has 3 aromatic heterocycles. The van der Waals surface area contributed by atoms with E-state index in [0.717, 1.165) is 17.9 Å². The van der Waals surface area contributed by atoms with Crippen molar-refractivity contribution < 1.29 is 4.79 Å². The van der Waals surface area contributed by atoms with E-state index in [1.165, 1.54) is 5.56 Å². The van der Waals surface area contributed by atoms with Crippen LogP contribution in [0.2, 0.25) is 0 Å². The van der Waals surface area contributed by atoms with Crippen molar-refractivity contribution in [3.63, 3.8) is 0 Å². The Kier molecular flexibility index (Phi) is 4.97. The van der Waals surface area contributed by atoms with Crippen molar-refractivity contribution in [1.29, 1.82) is 0 Å². The number of hydrogen-bond acceptors (Lipinski definition) is 5. The first-order chi connectivity index (χ1) is 13.7. The number of carbonyl (C=O) groups excluding carboxylic acids is 1. The molecule has 0 aliphatic carbocycles. The van der Waals surface area contributed by atoms with Gasteiger partial charge in [-0.05, 0) is 17.7 Å². The van der Waals surface area contributed by atoms with Crippen LogP contribution < -0.4 is 10.2 Å². The Bertz CT molecular complexity index is 1060. The molecule has 7 nitrogen and oxygen atoms in total. The summed E-state index contributed by atoms with van der Waals surface area (Å²) >= 11 is 0. The van der Waals surface area contributed by atoms with Crippen LogP contribution in [-0.4, -0.2) is 32.3 Å². The molecule has 0 spiro atoms. The van der Waals surface area contributed by atoms with Gasteiger partial charge in [-0.15, -0.1) is 0 Å². The molecule has 4 aromatic rings. The average molecular weight is 372 g/mol.